The Hall–Kier alpha value is -9.76. The zero-order valence-corrected chi connectivity index (χ0v) is 43.1. The van der Waals surface area contributed by atoms with Crippen LogP contribution in [0, 0.1) is 13.8 Å². The molecule has 0 radical (unpaired) electrons. The van der Waals surface area contributed by atoms with Crippen LogP contribution >= 0.6 is 0 Å². The van der Waals surface area contributed by atoms with E-state index in [1.165, 1.54) is 94.7 Å². The van der Waals surface area contributed by atoms with Crippen molar-refractivity contribution in [3.63, 3.8) is 0 Å². The molecule has 14 rings (SSSR count). The molecular weight excluding hydrogens is 929 g/mol. The maximum Gasteiger partial charge on any atom is 0.0746 e. The van der Waals surface area contributed by atoms with Crippen LogP contribution in [-0.2, 0) is 5.41 Å². The fourth-order valence-corrected chi connectivity index (χ4v) is 12.6. The van der Waals surface area contributed by atoms with Crippen molar-refractivity contribution in [2.45, 2.75) is 19.3 Å². The van der Waals surface area contributed by atoms with Gasteiger partial charge >= 0.3 is 0 Å². The van der Waals surface area contributed by atoms with E-state index in [1.807, 2.05) is 0 Å². The Labute approximate surface area is 452 Å². The minimum atomic E-state index is -0.526. The van der Waals surface area contributed by atoms with Gasteiger partial charge in [-0.1, -0.05) is 223 Å². The topological polar surface area (TPSA) is 6.48 Å². The highest BCUT2D eigenvalue weighted by Crippen LogP contribution is 2.65. The molecule has 2 aliphatic rings. The van der Waals surface area contributed by atoms with Gasteiger partial charge in [-0.2, -0.15) is 0 Å². The third kappa shape index (κ3) is 7.63. The Balaban J connectivity index is 0.935. The zero-order chi connectivity index (χ0) is 51.5. The summed E-state index contributed by atoms with van der Waals surface area (Å²) >= 11 is 0. The maximum atomic E-state index is 2.50. The molecule has 0 bridgehead atoms. The van der Waals surface area contributed by atoms with E-state index in [4.69, 9.17) is 0 Å². The predicted molar refractivity (Wildman–Crippen MR) is 323 cm³/mol. The lowest BCUT2D eigenvalue weighted by Crippen LogP contribution is -2.28. The number of nitrogens with zero attached hydrogens (tertiary/aromatic N) is 2. The van der Waals surface area contributed by atoms with Crippen LogP contribution in [0.2, 0.25) is 0 Å². The average Bonchev–Trinajstić information content (AvgIpc) is 4.20. The van der Waals surface area contributed by atoms with Crippen LogP contribution in [0.3, 0.4) is 0 Å². The predicted octanol–water partition coefficient (Wildman–Crippen LogP) is 20.3. The van der Waals surface area contributed by atoms with Crippen LogP contribution in [0.1, 0.15) is 33.4 Å². The fraction of sp³-hybridized carbons (Fsp3) is 0.0400. The molecule has 0 aromatic heterocycles. The largest absolute Gasteiger partial charge is 0.311 e. The lowest BCUT2D eigenvalue weighted by molar-refractivity contribution is 0.791. The monoisotopic (exact) mass is 982 g/mol. The molecule has 0 unspecified atom stereocenters. The summed E-state index contributed by atoms with van der Waals surface area (Å²) < 4.78 is 0. The van der Waals surface area contributed by atoms with Gasteiger partial charge in [-0.3, -0.25) is 0 Å². The van der Waals surface area contributed by atoms with Crippen LogP contribution in [0.15, 0.2) is 291 Å². The highest BCUT2D eigenvalue weighted by Gasteiger charge is 2.53. The van der Waals surface area contributed by atoms with Crippen LogP contribution in [0.25, 0.3) is 66.8 Å². The molecule has 2 heteroatoms. The van der Waals surface area contributed by atoms with E-state index in [2.05, 4.69) is 315 Å². The summed E-state index contributed by atoms with van der Waals surface area (Å²) in [7, 11) is 0. The van der Waals surface area contributed by atoms with E-state index in [-0.39, 0.29) is 0 Å². The van der Waals surface area contributed by atoms with E-state index in [9.17, 15) is 0 Å². The van der Waals surface area contributed by atoms with E-state index >= 15 is 0 Å². The number of hydrogen-bond acceptors (Lipinski definition) is 2. The normalized spacial score (nSPS) is 12.4. The summed E-state index contributed by atoms with van der Waals surface area (Å²) in [5.41, 5.74) is 28.6. The number of para-hydroxylation sites is 3. The molecule has 12 aromatic carbocycles. The fourth-order valence-electron chi connectivity index (χ4n) is 12.6. The van der Waals surface area contributed by atoms with Gasteiger partial charge in [0.15, 0.2) is 0 Å². The van der Waals surface area contributed by atoms with Crippen molar-refractivity contribution in [2.75, 3.05) is 9.80 Å². The van der Waals surface area contributed by atoms with Crippen molar-refractivity contribution in [3.8, 4) is 66.8 Å². The van der Waals surface area contributed by atoms with Gasteiger partial charge in [-0.15, -0.1) is 0 Å². The van der Waals surface area contributed by atoms with E-state index in [0.717, 1.165) is 39.6 Å². The summed E-state index contributed by atoms with van der Waals surface area (Å²) in [5.74, 6) is 0. The second kappa shape index (κ2) is 18.9. The first-order valence-corrected chi connectivity index (χ1v) is 26.7. The lowest BCUT2D eigenvalue weighted by Gasteiger charge is -2.36. The molecular formula is C75H54N2. The first-order chi connectivity index (χ1) is 38.0. The Kier molecular flexibility index (Phi) is 11.2. The molecule has 77 heavy (non-hydrogen) atoms. The van der Waals surface area contributed by atoms with Crippen molar-refractivity contribution in [1.82, 2.24) is 0 Å². The molecule has 1 spiro atoms. The highest BCUT2D eigenvalue weighted by molar-refractivity contribution is 6.01. The molecule has 0 atom stereocenters. The number of rotatable bonds is 10. The van der Waals surface area contributed by atoms with Gasteiger partial charge in [0.05, 0.1) is 11.1 Å². The van der Waals surface area contributed by atoms with Crippen molar-refractivity contribution in [3.05, 3.63) is 325 Å². The van der Waals surface area contributed by atoms with Crippen LogP contribution in [0.4, 0.5) is 34.1 Å². The van der Waals surface area contributed by atoms with Crippen molar-refractivity contribution in [2.24, 2.45) is 0 Å². The van der Waals surface area contributed by atoms with Crippen molar-refractivity contribution in [1.29, 1.82) is 0 Å². The molecule has 12 aromatic rings. The summed E-state index contributed by atoms with van der Waals surface area (Å²) in [4.78, 5) is 4.82. The van der Waals surface area contributed by atoms with Crippen molar-refractivity contribution < 1.29 is 0 Å². The Morgan fingerprint density at radius 2 is 0.584 bits per heavy atom. The number of anilines is 6. The van der Waals surface area contributed by atoms with Gasteiger partial charge in [-0.05, 0) is 176 Å². The molecule has 364 valence electrons. The number of benzene rings is 12. The Morgan fingerprint density at radius 1 is 0.234 bits per heavy atom. The minimum absolute atomic E-state index is 0.526. The SMILES string of the molecule is Cc1ccc2c(c1)C1(c3cc(C)ccc3-2)c2ccccc2-c2cccc(N(c3ccccc3)c3ccc(-c4cc(-c5ccccc5)c(-c5ccc(N(c6ccccc6)c6ccccc6)cc5)cc4-c4ccccc4)cc3)c21. The quantitative estimate of drug-likeness (QED) is 0.135. The first-order valence-electron chi connectivity index (χ1n) is 26.7. The van der Waals surface area contributed by atoms with Gasteiger partial charge in [0.1, 0.15) is 0 Å². The van der Waals surface area contributed by atoms with Crippen molar-refractivity contribution >= 4 is 34.1 Å². The summed E-state index contributed by atoms with van der Waals surface area (Å²) in [6.45, 7) is 4.47. The lowest BCUT2D eigenvalue weighted by atomic mass is 9.69. The summed E-state index contributed by atoms with van der Waals surface area (Å²) in [5, 5.41) is 0. The van der Waals surface area contributed by atoms with E-state index in [1.54, 1.807) is 0 Å². The standard InChI is InChI=1S/C75H54N2/c1-51-35-45-63-64-46-36-52(2)48-72(64)75(71(63)47-51)70-33-19-18-31-62(70)65-32-20-34-73(74(65)75)77(59-29-16-7-17-30-59)61-43-39-56(40-44-61)69-50-66(53-21-8-3-9-22-53)68(49-67(69)54-23-10-4-11-24-54)55-37-41-60(42-38-55)76(57-25-12-5-13-26-57)58-27-14-6-15-28-58/h3-50H,1-2H3. The van der Waals surface area contributed by atoms with E-state index < -0.39 is 5.41 Å². The second-order valence-corrected chi connectivity index (χ2v) is 20.5. The second-order valence-electron chi connectivity index (χ2n) is 20.5. The number of hydrogen-bond donors (Lipinski definition) is 0. The van der Waals surface area contributed by atoms with Gasteiger partial charge in [0.2, 0.25) is 0 Å². The van der Waals surface area contributed by atoms with Gasteiger partial charge in [0.25, 0.3) is 0 Å². The van der Waals surface area contributed by atoms with Crippen LogP contribution < -0.4 is 9.80 Å². The molecule has 2 nitrogen and oxygen atoms in total. The number of fused-ring (bicyclic) bond motifs is 10. The average molecular weight is 983 g/mol. The van der Waals surface area contributed by atoms with E-state index in [0.29, 0.717) is 0 Å². The smallest absolute Gasteiger partial charge is 0.0746 e. The third-order valence-electron chi connectivity index (χ3n) is 16.0. The first kappa shape index (κ1) is 45.8. The summed E-state index contributed by atoms with van der Waals surface area (Å²) in [6.07, 6.45) is 0. The molecule has 0 saturated heterocycles. The zero-order valence-electron chi connectivity index (χ0n) is 43.1. The Bertz CT molecular complexity index is 4040. The van der Waals surface area contributed by atoms with Crippen LogP contribution in [0.5, 0.6) is 0 Å². The maximum absolute atomic E-state index is 2.50. The van der Waals surface area contributed by atoms with Crippen LogP contribution in [-0.4, -0.2) is 0 Å². The third-order valence-corrected chi connectivity index (χ3v) is 16.0. The minimum Gasteiger partial charge on any atom is -0.311 e. The Morgan fingerprint density at radius 3 is 1.05 bits per heavy atom. The van der Waals surface area contributed by atoms with Gasteiger partial charge in [-0.25, -0.2) is 0 Å². The molecule has 0 saturated carbocycles. The summed E-state index contributed by atoms with van der Waals surface area (Å²) in [6, 6.07) is 107. The molecule has 0 heterocycles. The van der Waals surface area contributed by atoms with Gasteiger partial charge in [0, 0.05) is 34.0 Å². The van der Waals surface area contributed by atoms with Gasteiger partial charge < -0.3 is 9.80 Å². The molecule has 0 amide bonds. The number of aryl methyl sites for hydroxylation is 2. The molecule has 0 aliphatic heterocycles. The molecule has 0 N–H and O–H groups in total. The molecule has 0 fully saturated rings. The highest BCUT2D eigenvalue weighted by atomic mass is 15.1. The molecule has 2 aliphatic carbocycles.